The molecule has 0 spiro atoms. The van der Waals surface area contributed by atoms with Crippen molar-refractivity contribution in [2.24, 2.45) is 0 Å². The Bertz CT molecular complexity index is 460. The second-order valence-corrected chi connectivity index (χ2v) is 6.37. The number of nitrogen functional groups attached to an aromatic ring is 1. The molecule has 0 amide bonds. The van der Waals surface area contributed by atoms with Crippen molar-refractivity contribution >= 4 is 17.3 Å². The van der Waals surface area contributed by atoms with Crippen molar-refractivity contribution in [2.45, 2.75) is 50.7 Å². The molecule has 2 aliphatic rings. The molecule has 2 N–H and O–H groups in total. The number of hydrogen-bond acceptors (Lipinski definition) is 3. The van der Waals surface area contributed by atoms with Crippen molar-refractivity contribution in [3.05, 3.63) is 23.2 Å². The predicted octanol–water partition coefficient (Wildman–Crippen LogP) is 3.71. The topological polar surface area (TPSA) is 38.5 Å². The number of ether oxygens (including phenoxy) is 1. The van der Waals surface area contributed by atoms with Crippen LogP contribution < -0.4 is 10.5 Å². The van der Waals surface area contributed by atoms with E-state index in [0.29, 0.717) is 16.8 Å². The first-order valence-electron chi connectivity index (χ1n) is 7.70. The highest BCUT2D eigenvalue weighted by Gasteiger charge is 2.33. The average Bonchev–Trinajstić information content (AvgIpc) is 2.97. The lowest BCUT2D eigenvalue weighted by Gasteiger charge is -2.38. The molecule has 0 aromatic heterocycles. The van der Waals surface area contributed by atoms with E-state index in [-0.39, 0.29) is 6.10 Å². The van der Waals surface area contributed by atoms with Crippen molar-refractivity contribution in [3.63, 3.8) is 0 Å². The first kappa shape index (κ1) is 14.0. The number of benzene rings is 1. The first-order chi connectivity index (χ1) is 9.74. The van der Waals surface area contributed by atoms with Gasteiger partial charge in [0.05, 0.1) is 5.69 Å². The molecule has 3 nitrogen and oxygen atoms in total. The zero-order chi connectivity index (χ0) is 13.9. The second-order valence-electron chi connectivity index (χ2n) is 5.93. The monoisotopic (exact) mass is 294 g/mol. The van der Waals surface area contributed by atoms with Gasteiger partial charge in [0.15, 0.2) is 0 Å². The minimum atomic E-state index is 0.252. The molecule has 2 unspecified atom stereocenters. The Balaban J connectivity index is 1.74. The zero-order valence-electron chi connectivity index (χ0n) is 11.9. The predicted molar refractivity (Wildman–Crippen MR) is 83.3 cm³/mol. The van der Waals surface area contributed by atoms with E-state index >= 15 is 0 Å². The largest absolute Gasteiger partial charge is 0.487 e. The number of halogens is 1. The van der Waals surface area contributed by atoms with E-state index in [1.165, 1.54) is 45.2 Å². The van der Waals surface area contributed by atoms with Crippen LogP contribution in [0.4, 0.5) is 5.69 Å². The Labute approximate surface area is 126 Å². The third-order valence-corrected chi connectivity index (χ3v) is 4.77. The zero-order valence-corrected chi connectivity index (χ0v) is 12.6. The highest BCUT2D eigenvalue weighted by atomic mass is 35.5. The summed E-state index contributed by atoms with van der Waals surface area (Å²) in [5.74, 6) is 0.744. The minimum absolute atomic E-state index is 0.252. The molecule has 3 rings (SSSR count). The lowest BCUT2D eigenvalue weighted by molar-refractivity contribution is 0.0491. The molecular formula is C16H23ClN2O. The molecule has 1 aliphatic heterocycles. The Morgan fingerprint density at radius 2 is 1.85 bits per heavy atom. The summed E-state index contributed by atoms with van der Waals surface area (Å²) in [6, 6.07) is 6.02. The summed E-state index contributed by atoms with van der Waals surface area (Å²) in [5, 5.41) is 0.683. The fraction of sp³-hybridized carbons (Fsp3) is 0.625. The molecule has 1 aliphatic carbocycles. The summed E-state index contributed by atoms with van der Waals surface area (Å²) in [5.41, 5.74) is 6.69. The Morgan fingerprint density at radius 1 is 1.10 bits per heavy atom. The maximum atomic E-state index is 6.24. The van der Waals surface area contributed by atoms with E-state index in [1.54, 1.807) is 0 Å². The van der Waals surface area contributed by atoms with Gasteiger partial charge in [0.25, 0.3) is 0 Å². The van der Waals surface area contributed by atoms with Gasteiger partial charge < -0.3 is 10.5 Å². The molecule has 2 fully saturated rings. The Kier molecular flexibility index (Phi) is 4.37. The molecule has 1 aromatic rings. The molecule has 1 saturated carbocycles. The van der Waals surface area contributed by atoms with Crippen molar-refractivity contribution in [1.82, 2.24) is 4.90 Å². The number of nitrogens with two attached hydrogens (primary N) is 1. The van der Waals surface area contributed by atoms with Gasteiger partial charge >= 0.3 is 0 Å². The standard InChI is InChI=1S/C16H23ClN2O/c17-12-7-8-13(18)16(11-12)20-15-6-2-1-5-14(15)19-9-3-4-10-19/h7-8,11,14-15H,1-6,9-10,18H2. The van der Waals surface area contributed by atoms with Gasteiger partial charge in [-0.25, -0.2) is 0 Å². The summed E-state index contributed by atoms with van der Waals surface area (Å²) in [4.78, 5) is 2.60. The highest BCUT2D eigenvalue weighted by Crippen LogP contribution is 2.32. The lowest BCUT2D eigenvalue weighted by Crippen LogP contribution is -2.46. The van der Waals surface area contributed by atoms with Crippen LogP contribution in [0.5, 0.6) is 5.75 Å². The van der Waals surface area contributed by atoms with Crippen LogP contribution in [0.3, 0.4) is 0 Å². The molecular weight excluding hydrogens is 272 g/mol. The molecule has 20 heavy (non-hydrogen) atoms. The summed E-state index contributed by atoms with van der Waals surface area (Å²) in [6.45, 7) is 2.44. The Morgan fingerprint density at radius 3 is 2.65 bits per heavy atom. The van der Waals surface area contributed by atoms with Crippen LogP contribution in [-0.4, -0.2) is 30.1 Å². The van der Waals surface area contributed by atoms with Crippen LogP contribution in [0.25, 0.3) is 0 Å². The summed E-state index contributed by atoms with van der Waals surface area (Å²) < 4.78 is 6.24. The third kappa shape index (κ3) is 3.04. The molecule has 4 heteroatoms. The Hall–Kier alpha value is -0.930. The molecule has 1 heterocycles. The third-order valence-electron chi connectivity index (χ3n) is 4.53. The average molecular weight is 295 g/mol. The molecule has 0 radical (unpaired) electrons. The second kappa shape index (κ2) is 6.23. The number of anilines is 1. The summed E-state index contributed by atoms with van der Waals surface area (Å²) >= 11 is 6.05. The van der Waals surface area contributed by atoms with Gasteiger partial charge in [-0.2, -0.15) is 0 Å². The molecule has 0 bridgehead atoms. The molecule has 1 aromatic carbocycles. The van der Waals surface area contributed by atoms with Gasteiger partial charge in [-0.1, -0.05) is 18.0 Å². The van der Waals surface area contributed by atoms with Gasteiger partial charge in [0, 0.05) is 17.1 Å². The highest BCUT2D eigenvalue weighted by molar-refractivity contribution is 6.30. The molecule has 2 atom stereocenters. The van der Waals surface area contributed by atoms with E-state index in [0.717, 1.165) is 12.2 Å². The molecule has 110 valence electrons. The van der Waals surface area contributed by atoms with Crippen molar-refractivity contribution in [1.29, 1.82) is 0 Å². The van der Waals surface area contributed by atoms with Crippen molar-refractivity contribution < 1.29 is 4.74 Å². The van der Waals surface area contributed by atoms with Crippen LogP contribution in [0.2, 0.25) is 5.02 Å². The van der Waals surface area contributed by atoms with Gasteiger partial charge in [-0.15, -0.1) is 0 Å². The van der Waals surface area contributed by atoms with E-state index in [9.17, 15) is 0 Å². The SMILES string of the molecule is Nc1ccc(Cl)cc1OC1CCCCC1N1CCCC1. The maximum Gasteiger partial charge on any atom is 0.144 e. The minimum Gasteiger partial charge on any atom is -0.487 e. The smallest absolute Gasteiger partial charge is 0.144 e. The first-order valence-corrected chi connectivity index (χ1v) is 8.07. The van der Waals surface area contributed by atoms with Crippen molar-refractivity contribution in [2.75, 3.05) is 18.8 Å². The van der Waals surface area contributed by atoms with E-state index in [2.05, 4.69) is 4.90 Å². The van der Waals surface area contributed by atoms with Crippen molar-refractivity contribution in [3.8, 4) is 5.75 Å². The summed E-state index contributed by atoms with van der Waals surface area (Å²) in [7, 11) is 0. The van der Waals surface area contributed by atoms with Crippen LogP contribution in [0.1, 0.15) is 38.5 Å². The number of rotatable bonds is 3. The van der Waals surface area contributed by atoms with Crippen LogP contribution >= 0.6 is 11.6 Å². The van der Waals surface area contributed by atoms with E-state index in [1.807, 2.05) is 18.2 Å². The fourth-order valence-corrected chi connectivity index (χ4v) is 3.64. The van der Waals surface area contributed by atoms with Crippen LogP contribution in [0.15, 0.2) is 18.2 Å². The van der Waals surface area contributed by atoms with Gasteiger partial charge in [0.1, 0.15) is 11.9 Å². The van der Waals surface area contributed by atoms with Gasteiger partial charge in [-0.3, -0.25) is 4.90 Å². The van der Waals surface area contributed by atoms with Gasteiger partial charge in [0.2, 0.25) is 0 Å². The van der Waals surface area contributed by atoms with Crippen LogP contribution in [0, 0.1) is 0 Å². The summed E-state index contributed by atoms with van der Waals surface area (Å²) in [6.07, 6.45) is 7.81. The fourth-order valence-electron chi connectivity index (χ4n) is 3.48. The lowest BCUT2D eigenvalue weighted by atomic mass is 9.91. The van der Waals surface area contributed by atoms with Crippen LogP contribution in [-0.2, 0) is 0 Å². The number of hydrogen-bond donors (Lipinski definition) is 1. The van der Waals surface area contributed by atoms with E-state index < -0.39 is 0 Å². The van der Waals surface area contributed by atoms with E-state index in [4.69, 9.17) is 22.1 Å². The normalized spacial score (nSPS) is 27.6. The molecule has 1 saturated heterocycles. The maximum absolute atomic E-state index is 6.24. The number of nitrogens with zero attached hydrogens (tertiary/aromatic N) is 1. The van der Waals surface area contributed by atoms with Gasteiger partial charge in [-0.05, 0) is 57.3 Å². The quantitative estimate of drug-likeness (QED) is 0.864. The number of likely N-dealkylation sites (tertiary alicyclic amines) is 1.